The number of carbonyl (C=O) groups excluding carboxylic acids is 2. The van der Waals surface area contributed by atoms with E-state index in [9.17, 15) is 18.0 Å². The van der Waals surface area contributed by atoms with Crippen molar-refractivity contribution in [3.63, 3.8) is 0 Å². The minimum atomic E-state index is -3.73. The molecule has 1 atom stereocenters. The van der Waals surface area contributed by atoms with Crippen molar-refractivity contribution in [3.8, 4) is 0 Å². The van der Waals surface area contributed by atoms with Crippen LogP contribution < -0.4 is 10.2 Å². The van der Waals surface area contributed by atoms with Crippen molar-refractivity contribution in [3.05, 3.63) is 59.7 Å². The molecule has 1 heterocycles. The Morgan fingerprint density at radius 3 is 2.38 bits per heavy atom. The number of rotatable bonds is 8. The number of nitrogens with zero attached hydrogens (tertiary/aromatic N) is 2. The zero-order chi connectivity index (χ0) is 23.3. The van der Waals surface area contributed by atoms with Crippen molar-refractivity contribution in [2.75, 3.05) is 32.1 Å². The molecule has 0 radical (unpaired) electrons. The fraction of sp³-hybridized carbons (Fsp3) is 0.391. The summed E-state index contributed by atoms with van der Waals surface area (Å²) in [5.74, 6) is -1.16. The molecule has 2 aromatic carbocycles. The van der Waals surface area contributed by atoms with E-state index in [-0.39, 0.29) is 10.5 Å². The van der Waals surface area contributed by atoms with E-state index >= 15 is 0 Å². The molecule has 172 valence electrons. The van der Waals surface area contributed by atoms with Crippen molar-refractivity contribution in [1.29, 1.82) is 0 Å². The zero-order valence-electron chi connectivity index (χ0n) is 18.6. The van der Waals surface area contributed by atoms with Gasteiger partial charge < -0.3 is 15.0 Å². The number of benzene rings is 2. The molecule has 1 aliphatic heterocycles. The molecule has 1 aliphatic rings. The van der Waals surface area contributed by atoms with E-state index in [1.807, 2.05) is 35.2 Å². The fourth-order valence-electron chi connectivity index (χ4n) is 3.49. The number of anilines is 1. The Hall–Kier alpha value is -2.91. The molecule has 1 fully saturated rings. The molecule has 9 heteroatoms. The number of hydrogen-bond donors (Lipinski definition) is 1. The van der Waals surface area contributed by atoms with E-state index in [2.05, 4.69) is 5.32 Å². The number of esters is 1. The molecule has 0 bridgehead atoms. The maximum Gasteiger partial charge on any atom is 0.341 e. The number of amides is 1. The van der Waals surface area contributed by atoms with Gasteiger partial charge in [-0.15, -0.1) is 0 Å². The number of carbonyl (C=O) groups is 2. The summed E-state index contributed by atoms with van der Waals surface area (Å²) in [5.41, 5.74) is 1.68. The van der Waals surface area contributed by atoms with Gasteiger partial charge in [0.25, 0.3) is 5.91 Å². The van der Waals surface area contributed by atoms with Crippen LogP contribution in [0.5, 0.6) is 0 Å². The molecule has 0 aromatic heterocycles. The zero-order valence-corrected chi connectivity index (χ0v) is 19.4. The van der Waals surface area contributed by atoms with Crippen molar-refractivity contribution >= 4 is 27.6 Å². The van der Waals surface area contributed by atoms with E-state index in [1.54, 1.807) is 6.07 Å². The van der Waals surface area contributed by atoms with Crippen LogP contribution in [0, 0.1) is 0 Å². The first-order chi connectivity index (χ1) is 15.2. The predicted molar refractivity (Wildman–Crippen MR) is 122 cm³/mol. The molecule has 0 saturated carbocycles. The lowest BCUT2D eigenvalue weighted by Gasteiger charge is -2.23. The van der Waals surface area contributed by atoms with E-state index < -0.39 is 28.0 Å². The average molecular weight is 460 g/mol. The van der Waals surface area contributed by atoms with Gasteiger partial charge in [0.1, 0.15) is 0 Å². The predicted octanol–water partition coefficient (Wildman–Crippen LogP) is 2.40. The first kappa shape index (κ1) is 23.7. The lowest BCUT2D eigenvalue weighted by atomic mass is 10.1. The molecule has 8 nitrogen and oxygen atoms in total. The molecule has 0 aliphatic carbocycles. The molecule has 1 saturated heterocycles. The maximum atomic E-state index is 13.0. The van der Waals surface area contributed by atoms with Crippen LogP contribution in [0.3, 0.4) is 0 Å². The molecule has 32 heavy (non-hydrogen) atoms. The van der Waals surface area contributed by atoms with Gasteiger partial charge in [0.15, 0.2) is 6.10 Å². The van der Waals surface area contributed by atoms with E-state index in [0.717, 1.165) is 35.8 Å². The summed E-state index contributed by atoms with van der Waals surface area (Å²) in [6.07, 6.45) is 0.946. The largest absolute Gasteiger partial charge is 0.449 e. The Labute approximate surface area is 189 Å². The Bertz CT molecular complexity index is 1060. The second-order valence-electron chi connectivity index (χ2n) is 7.91. The molecular weight excluding hydrogens is 430 g/mol. The summed E-state index contributed by atoms with van der Waals surface area (Å²) in [6.45, 7) is 3.35. The van der Waals surface area contributed by atoms with Gasteiger partial charge in [-0.1, -0.05) is 30.3 Å². The van der Waals surface area contributed by atoms with Gasteiger partial charge in [0.05, 0.1) is 16.1 Å². The van der Waals surface area contributed by atoms with Crippen LogP contribution in [0.2, 0.25) is 0 Å². The van der Waals surface area contributed by atoms with Gasteiger partial charge in [-0.05, 0) is 43.5 Å². The Balaban J connectivity index is 1.79. The Morgan fingerprint density at radius 1 is 1.09 bits per heavy atom. The van der Waals surface area contributed by atoms with E-state index in [1.165, 1.54) is 33.2 Å². The maximum absolute atomic E-state index is 13.0. The van der Waals surface area contributed by atoms with Crippen LogP contribution in [0.15, 0.2) is 53.4 Å². The number of ether oxygens (including phenoxy) is 1. The van der Waals surface area contributed by atoms with Crippen molar-refractivity contribution < 1.29 is 22.7 Å². The van der Waals surface area contributed by atoms with Crippen LogP contribution in [0.1, 0.15) is 35.7 Å². The molecular formula is C23H29N3O5S. The number of nitrogens with one attached hydrogen (secondary N) is 1. The van der Waals surface area contributed by atoms with Gasteiger partial charge in [-0.3, -0.25) is 4.79 Å². The van der Waals surface area contributed by atoms with Crippen LogP contribution in [-0.4, -0.2) is 57.9 Å². The summed E-state index contributed by atoms with van der Waals surface area (Å²) >= 11 is 0. The second kappa shape index (κ2) is 10.1. The smallest absolute Gasteiger partial charge is 0.341 e. The third kappa shape index (κ3) is 5.46. The lowest BCUT2D eigenvalue weighted by molar-refractivity contribution is -0.129. The van der Waals surface area contributed by atoms with Crippen molar-refractivity contribution in [1.82, 2.24) is 9.62 Å². The highest BCUT2D eigenvalue weighted by atomic mass is 32.2. The summed E-state index contributed by atoms with van der Waals surface area (Å²) in [4.78, 5) is 27.5. The summed E-state index contributed by atoms with van der Waals surface area (Å²) in [7, 11) is -0.867. The first-order valence-electron chi connectivity index (χ1n) is 10.5. The monoisotopic (exact) mass is 459 g/mol. The minimum absolute atomic E-state index is 0.00132. The van der Waals surface area contributed by atoms with Crippen LogP contribution >= 0.6 is 0 Å². The highest BCUT2D eigenvalue weighted by molar-refractivity contribution is 7.89. The molecule has 1 N–H and O–H groups in total. The SMILES string of the molecule is CC(OC(=O)c1cc(S(=O)(=O)N(C)C)ccc1N1CCCC1)C(=O)NCc1ccccc1. The minimum Gasteiger partial charge on any atom is -0.449 e. The molecule has 0 spiro atoms. The average Bonchev–Trinajstić information content (AvgIpc) is 3.32. The van der Waals surface area contributed by atoms with Gasteiger partial charge in [0.2, 0.25) is 10.0 Å². The Morgan fingerprint density at radius 2 is 1.75 bits per heavy atom. The van der Waals surface area contributed by atoms with Crippen LogP contribution in [0.4, 0.5) is 5.69 Å². The summed E-state index contributed by atoms with van der Waals surface area (Å²) < 4.78 is 31.7. The molecule has 1 unspecified atom stereocenters. The van der Waals surface area contributed by atoms with Crippen molar-refractivity contribution in [2.45, 2.75) is 37.3 Å². The third-order valence-corrected chi connectivity index (χ3v) is 7.19. The van der Waals surface area contributed by atoms with Gasteiger partial charge in [-0.2, -0.15) is 0 Å². The van der Waals surface area contributed by atoms with E-state index in [0.29, 0.717) is 12.2 Å². The van der Waals surface area contributed by atoms with E-state index in [4.69, 9.17) is 4.74 Å². The third-order valence-electron chi connectivity index (χ3n) is 5.38. The molecule has 2 aromatic rings. The highest BCUT2D eigenvalue weighted by Crippen LogP contribution is 2.29. The summed E-state index contributed by atoms with van der Waals surface area (Å²) in [6, 6.07) is 13.9. The fourth-order valence-corrected chi connectivity index (χ4v) is 4.42. The van der Waals surface area contributed by atoms with Crippen LogP contribution in [-0.2, 0) is 26.1 Å². The van der Waals surface area contributed by atoms with Crippen LogP contribution in [0.25, 0.3) is 0 Å². The number of sulfonamides is 1. The molecule has 1 amide bonds. The van der Waals surface area contributed by atoms with Crippen molar-refractivity contribution in [2.24, 2.45) is 0 Å². The molecule has 3 rings (SSSR count). The van der Waals surface area contributed by atoms with Gasteiger partial charge >= 0.3 is 5.97 Å². The van der Waals surface area contributed by atoms with Gasteiger partial charge in [-0.25, -0.2) is 17.5 Å². The quantitative estimate of drug-likeness (QED) is 0.609. The van der Waals surface area contributed by atoms with Gasteiger partial charge in [0, 0.05) is 33.7 Å². The Kier molecular flexibility index (Phi) is 7.52. The lowest BCUT2D eigenvalue weighted by Crippen LogP contribution is -2.35. The summed E-state index contributed by atoms with van der Waals surface area (Å²) in [5, 5.41) is 2.75. The second-order valence-corrected chi connectivity index (χ2v) is 10.1. The standard InChI is InChI=1S/C23H29N3O5S/c1-17(22(27)24-16-18-9-5-4-6-10-18)31-23(28)20-15-19(32(29,30)25(2)3)11-12-21(20)26-13-7-8-14-26/h4-6,9-12,15,17H,7-8,13-14,16H2,1-3H3,(H,24,27). The highest BCUT2D eigenvalue weighted by Gasteiger charge is 2.27. The number of hydrogen-bond acceptors (Lipinski definition) is 6. The first-order valence-corrected chi connectivity index (χ1v) is 12.0. The normalized spacial score (nSPS) is 14.9. The topological polar surface area (TPSA) is 96.0 Å².